The van der Waals surface area contributed by atoms with E-state index in [9.17, 15) is 18.8 Å². The molecule has 28 heavy (non-hydrogen) atoms. The van der Waals surface area contributed by atoms with Crippen molar-refractivity contribution in [1.29, 1.82) is 0 Å². The van der Waals surface area contributed by atoms with Gasteiger partial charge in [-0.2, -0.15) is 0 Å². The van der Waals surface area contributed by atoms with Crippen LogP contribution >= 0.6 is 11.6 Å². The van der Waals surface area contributed by atoms with Gasteiger partial charge in [-0.05, 0) is 42.8 Å². The number of carbonyl (C=O) groups excluding carboxylic acids is 3. The third kappa shape index (κ3) is 6.35. The largest absolute Gasteiger partial charge is 0.352 e. The minimum atomic E-state index is -0.536. The van der Waals surface area contributed by atoms with Crippen molar-refractivity contribution in [3.63, 3.8) is 0 Å². The van der Waals surface area contributed by atoms with E-state index >= 15 is 0 Å². The van der Waals surface area contributed by atoms with E-state index in [1.807, 2.05) is 6.92 Å². The van der Waals surface area contributed by atoms with Crippen LogP contribution in [-0.4, -0.2) is 30.8 Å². The second-order valence-electron chi connectivity index (χ2n) is 6.01. The van der Waals surface area contributed by atoms with Gasteiger partial charge < -0.3 is 16.0 Å². The average Bonchev–Trinajstić information content (AvgIpc) is 2.66. The number of benzene rings is 2. The van der Waals surface area contributed by atoms with Crippen molar-refractivity contribution >= 4 is 35.0 Å². The van der Waals surface area contributed by atoms with Crippen LogP contribution < -0.4 is 16.0 Å². The van der Waals surface area contributed by atoms with Gasteiger partial charge in [0.1, 0.15) is 5.82 Å². The Morgan fingerprint density at radius 3 is 2.46 bits per heavy atom. The Morgan fingerprint density at radius 2 is 1.75 bits per heavy atom. The summed E-state index contributed by atoms with van der Waals surface area (Å²) >= 11 is 5.83. The average molecular weight is 406 g/mol. The lowest BCUT2D eigenvalue weighted by Gasteiger charge is -2.09. The molecule has 0 saturated heterocycles. The molecule has 0 spiro atoms. The van der Waals surface area contributed by atoms with Crippen LogP contribution in [0.3, 0.4) is 0 Å². The molecule has 2 aromatic rings. The van der Waals surface area contributed by atoms with Gasteiger partial charge in [-0.15, -0.1) is 0 Å². The smallest absolute Gasteiger partial charge is 0.252 e. The summed E-state index contributed by atoms with van der Waals surface area (Å²) in [4.78, 5) is 36.1. The monoisotopic (exact) mass is 405 g/mol. The lowest BCUT2D eigenvalue weighted by molar-refractivity contribution is -0.116. The highest BCUT2D eigenvalue weighted by molar-refractivity contribution is 6.33. The van der Waals surface area contributed by atoms with Crippen molar-refractivity contribution in [2.45, 2.75) is 19.8 Å². The van der Waals surface area contributed by atoms with E-state index in [0.717, 1.165) is 18.6 Å². The number of halogens is 2. The Bertz CT molecular complexity index is 874. The molecule has 0 saturated carbocycles. The number of amides is 3. The molecule has 0 heterocycles. The summed E-state index contributed by atoms with van der Waals surface area (Å²) in [7, 11) is 0. The molecule has 2 aromatic carbocycles. The molecule has 148 valence electrons. The maximum atomic E-state index is 13.0. The molecule has 3 amide bonds. The molecule has 0 atom stereocenters. The van der Waals surface area contributed by atoms with Gasteiger partial charge >= 0.3 is 0 Å². The normalized spacial score (nSPS) is 10.2. The first-order chi connectivity index (χ1) is 13.4. The van der Waals surface area contributed by atoms with Crippen LogP contribution in [0.15, 0.2) is 42.5 Å². The Kier molecular flexibility index (Phi) is 7.95. The topological polar surface area (TPSA) is 87.3 Å². The molecule has 0 aromatic heterocycles. The van der Waals surface area contributed by atoms with Crippen LogP contribution in [0.2, 0.25) is 5.02 Å². The Hall–Kier alpha value is -2.93. The quantitative estimate of drug-likeness (QED) is 0.629. The van der Waals surface area contributed by atoms with E-state index in [1.54, 1.807) is 24.3 Å². The zero-order valence-electron chi connectivity index (χ0n) is 15.4. The minimum Gasteiger partial charge on any atom is -0.352 e. The fraction of sp³-hybridized carbons (Fsp3) is 0.250. The molecule has 3 N–H and O–H groups in total. The SMILES string of the molecule is CCCNC(=O)c1cccc(NC(=O)CCNC(=O)c2ccc(F)cc2Cl)c1. The minimum absolute atomic E-state index is 0.000108. The highest BCUT2D eigenvalue weighted by atomic mass is 35.5. The van der Waals surface area contributed by atoms with Crippen molar-refractivity contribution in [2.75, 3.05) is 18.4 Å². The summed E-state index contributed by atoms with van der Waals surface area (Å²) in [6.45, 7) is 2.61. The lowest BCUT2D eigenvalue weighted by atomic mass is 10.2. The molecule has 0 aliphatic heterocycles. The van der Waals surface area contributed by atoms with Crippen molar-refractivity contribution < 1.29 is 18.8 Å². The van der Waals surface area contributed by atoms with Gasteiger partial charge in [0.2, 0.25) is 5.91 Å². The maximum absolute atomic E-state index is 13.0. The van der Waals surface area contributed by atoms with E-state index in [-0.39, 0.29) is 35.4 Å². The van der Waals surface area contributed by atoms with E-state index in [2.05, 4.69) is 16.0 Å². The third-order valence-electron chi connectivity index (χ3n) is 3.76. The van der Waals surface area contributed by atoms with Gasteiger partial charge in [-0.3, -0.25) is 14.4 Å². The molecule has 0 radical (unpaired) electrons. The fourth-order valence-electron chi connectivity index (χ4n) is 2.36. The van der Waals surface area contributed by atoms with Crippen LogP contribution in [-0.2, 0) is 4.79 Å². The summed E-state index contributed by atoms with van der Waals surface area (Å²) in [5.41, 5.74) is 1.07. The summed E-state index contributed by atoms with van der Waals surface area (Å²) in [6, 6.07) is 10.1. The zero-order chi connectivity index (χ0) is 20.5. The number of anilines is 1. The van der Waals surface area contributed by atoms with Crippen LogP contribution in [0.5, 0.6) is 0 Å². The van der Waals surface area contributed by atoms with E-state index < -0.39 is 11.7 Å². The van der Waals surface area contributed by atoms with Crippen LogP contribution in [0.4, 0.5) is 10.1 Å². The number of carbonyl (C=O) groups is 3. The molecule has 2 rings (SSSR count). The number of hydrogen-bond donors (Lipinski definition) is 3. The highest BCUT2D eigenvalue weighted by Crippen LogP contribution is 2.17. The lowest BCUT2D eigenvalue weighted by Crippen LogP contribution is -2.28. The van der Waals surface area contributed by atoms with Crippen molar-refractivity contribution in [3.8, 4) is 0 Å². The Balaban J connectivity index is 1.84. The first-order valence-electron chi connectivity index (χ1n) is 8.82. The predicted molar refractivity (Wildman–Crippen MR) is 106 cm³/mol. The van der Waals surface area contributed by atoms with Gasteiger partial charge in [0.25, 0.3) is 11.8 Å². The molecular formula is C20H21ClFN3O3. The molecule has 0 aliphatic rings. The van der Waals surface area contributed by atoms with Gasteiger partial charge in [-0.1, -0.05) is 24.6 Å². The molecular weight excluding hydrogens is 385 g/mol. The Morgan fingerprint density at radius 1 is 1.00 bits per heavy atom. The molecule has 0 bridgehead atoms. The summed E-state index contributed by atoms with van der Waals surface area (Å²) in [5.74, 6) is -1.56. The first kappa shape index (κ1) is 21.4. The van der Waals surface area contributed by atoms with Gasteiger partial charge in [0, 0.05) is 30.8 Å². The van der Waals surface area contributed by atoms with Crippen LogP contribution in [0, 0.1) is 5.82 Å². The summed E-state index contributed by atoms with van der Waals surface area (Å²) in [5, 5.41) is 8.00. The van der Waals surface area contributed by atoms with Gasteiger partial charge in [-0.25, -0.2) is 4.39 Å². The second kappa shape index (κ2) is 10.4. The fourth-order valence-corrected chi connectivity index (χ4v) is 2.61. The zero-order valence-corrected chi connectivity index (χ0v) is 16.1. The van der Waals surface area contributed by atoms with E-state index in [0.29, 0.717) is 17.8 Å². The maximum Gasteiger partial charge on any atom is 0.252 e. The third-order valence-corrected chi connectivity index (χ3v) is 4.07. The van der Waals surface area contributed by atoms with Gasteiger partial charge in [0.15, 0.2) is 0 Å². The standard InChI is InChI=1S/C20H21ClFN3O3/c1-2-9-23-19(27)13-4-3-5-15(11-13)25-18(26)8-10-24-20(28)16-7-6-14(22)12-17(16)21/h3-7,11-12H,2,8-10H2,1H3,(H,23,27)(H,24,28)(H,25,26). The molecule has 0 fully saturated rings. The van der Waals surface area contributed by atoms with E-state index in [1.165, 1.54) is 6.07 Å². The van der Waals surface area contributed by atoms with Crippen LogP contribution in [0.25, 0.3) is 0 Å². The predicted octanol–water partition coefficient (Wildman–Crippen LogP) is 3.38. The number of hydrogen-bond acceptors (Lipinski definition) is 3. The summed E-state index contributed by atoms with van der Waals surface area (Å²) < 4.78 is 13.0. The van der Waals surface area contributed by atoms with E-state index in [4.69, 9.17) is 11.6 Å². The molecule has 8 heteroatoms. The second-order valence-corrected chi connectivity index (χ2v) is 6.42. The van der Waals surface area contributed by atoms with Crippen molar-refractivity contribution in [3.05, 3.63) is 64.4 Å². The number of nitrogens with one attached hydrogen (secondary N) is 3. The van der Waals surface area contributed by atoms with Crippen molar-refractivity contribution in [1.82, 2.24) is 10.6 Å². The molecule has 6 nitrogen and oxygen atoms in total. The highest BCUT2D eigenvalue weighted by Gasteiger charge is 2.12. The summed E-state index contributed by atoms with van der Waals surface area (Å²) in [6.07, 6.45) is 0.855. The number of rotatable bonds is 8. The molecule has 0 aliphatic carbocycles. The van der Waals surface area contributed by atoms with Gasteiger partial charge in [0.05, 0.1) is 10.6 Å². The van der Waals surface area contributed by atoms with Crippen molar-refractivity contribution in [2.24, 2.45) is 0 Å². The molecule has 0 unspecified atom stereocenters. The Labute approximate surface area is 167 Å². The first-order valence-corrected chi connectivity index (χ1v) is 9.20. The van der Waals surface area contributed by atoms with Crippen LogP contribution in [0.1, 0.15) is 40.5 Å².